The maximum atomic E-state index is 12.9. The average Bonchev–Trinajstić information content (AvgIpc) is 3.21. The van der Waals surface area contributed by atoms with Gasteiger partial charge < -0.3 is 19.9 Å². The van der Waals surface area contributed by atoms with Crippen molar-refractivity contribution in [3.63, 3.8) is 0 Å². The van der Waals surface area contributed by atoms with Crippen molar-refractivity contribution in [3.05, 3.63) is 65.9 Å². The Hall–Kier alpha value is -3.28. The van der Waals surface area contributed by atoms with E-state index >= 15 is 0 Å². The number of aromatic nitrogens is 1. The molecule has 0 radical (unpaired) electrons. The van der Waals surface area contributed by atoms with Crippen LogP contribution in [0.2, 0.25) is 0 Å². The number of para-hydroxylation sites is 2. The Balaban J connectivity index is 1.39. The maximum Gasteiger partial charge on any atom is 0.270 e. The van der Waals surface area contributed by atoms with Crippen molar-refractivity contribution < 1.29 is 14.3 Å². The highest BCUT2D eigenvalue weighted by molar-refractivity contribution is 5.98. The van der Waals surface area contributed by atoms with Gasteiger partial charge in [0.15, 0.2) is 0 Å². The molecule has 1 unspecified atom stereocenters. The first-order valence-electron chi connectivity index (χ1n) is 9.92. The molecule has 6 nitrogen and oxygen atoms in total. The van der Waals surface area contributed by atoms with Crippen LogP contribution in [-0.2, 0) is 11.3 Å². The zero-order chi connectivity index (χ0) is 20.2. The molecular formula is C23H25N3O3. The van der Waals surface area contributed by atoms with Gasteiger partial charge >= 0.3 is 0 Å². The molecule has 2 heterocycles. The van der Waals surface area contributed by atoms with Crippen molar-refractivity contribution in [3.8, 4) is 5.75 Å². The van der Waals surface area contributed by atoms with E-state index in [1.807, 2.05) is 54.6 Å². The molecule has 1 fully saturated rings. The van der Waals surface area contributed by atoms with Gasteiger partial charge in [-0.25, -0.2) is 0 Å². The van der Waals surface area contributed by atoms with Crippen LogP contribution in [0.15, 0.2) is 54.6 Å². The number of ether oxygens (including phenoxy) is 1. The highest BCUT2D eigenvalue weighted by Crippen LogP contribution is 2.22. The summed E-state index contributed by atoms with van der Waals surface area (Å²) in [5, 5.41) is 4.01. The highest BCUT2D eigenvalue weighted by atomic mass is 16.5. The summed E-state index contributed by atoms with van der Waals surface area (Å²) in [6, 6.07) is 17.3. The van der Waals surface area contributed by atoms with Gasteiger partial charge in [0.2, 0.25) is 5.91 Å². The zero-order valence-corrected chi connectivity index (χ0v) is 16.5. The topological polar surface area (TPSA) is 74.4 Å². The zero-order valence-electron chi connectivity index (χ0n) is 16.5. The third kappa shape index (κ3) is 4.11. The van der Waals surface area contributed by atoms with Gasteiger partial charge in [0.25, 0.3) is 5.91 Å². The van der Waals surface area contributed by atoms with Crippen molar-refractivity contribution in [1.29, 1.82) is 0 Å². The quantitative estimate of drug-likeness (QED) is 0.700. The van der Waals surface area contributed by atoms with Gasteiger partial charge in [-0.15, -0.1) is 0 Å². The van der Waals surface area contributed by atoms with Gasteiger partial charge in [-0.05, 0) is 31.0 Å². The lowest BCUT2D eigenvalue weighted by Crippen LogP contribution is -2.45. The van der Waals surface area contributed by atoms with Crippen LogP contribution in [0.25, 0.3) is 10.9 Å². The number of hydrogen-bond donors (Lipinski definition) is 2. The Morgan fingerprint density at radius 3 is 2.79 bits per heavy atom. The minimum absolute atomic E-state index is 0.0231. The lowest BCUT2D eigenvalue weighted by atomic mass is 9.96. The molecule has 2 N–H and O–H groups in total. The first-order valence-corrected chi connectivity index (χ1v) is 9.92. The molecule has 3 aromatic rings. The second kappa shape index (κ2) is 8.39. The van der Waals surface area contributed by atoms with Crippen molar-refractivity contribution in [2.75, 3.05) is 20.2 Å². The summed E-state index contributed by atoms with van der Waals surface area (Å²) in [4.78, 5) is 30.6. The van der Waals surface area contributed by atoms with E-state index in [0.29, 0.717) is 25.3 Å². The summed E-state index contributed by atoms with van der Waals surface area (Å²) in [5.41, 5.74) is 2.45. The van der Waals surface area contributed by atoms with Crippen molar-refractivity contribution in [2.45, 2.75) is 19.4 Å². The first-order chi connectivity index (χ1) is 14.2. The van der Waals surface area contributed by atoms with E-state index in [0.717, 1.165) is 35.1 Å². The van der Waals surface area contributed by atoms with Gasteiger partial charge in [-0.2, -0.15) is 0 Å². The van der Waals surface area contributed by atoms with Crippen LogP contribution in [0, 0.1) is 5.92 Å². The van der Waals surface area contributed by atoms with E-state index in [4.69, 9.17) is 4.74 Å². The number of carbonyl (C=O) groups excluding carboxylic acids is 2. The normalized spacial score (nSPS) is 16.6. The van der Waals surface area contributed by atoms with Gasteiger partial charge in [0, 0.05) is 36.1 Å². The second-order valence-corrected chi connectivity index (χ2v) is 7.39. The monoisotopic (exact) mass is 391 g/mol. The Morgan fingerprint density at radius 2 is 1.97 bits per heavy atom. The van der Waals surface area contributed by atoms with Crippen LogP contribution in [0.1, 0.15) is 28.9 Å². The number of likely N-dealkylation sites (tertiary alicyclic amines) is 1. The number of carbonyl (C=O) groups is 2. The van der Waals surface area contributed by atoms with E-state index in [1.54, 1.807) is 12.0 Å². The number of piperidine rings is 1. The molecule has 2 amide bonds. The fourth-order valence-electron chi connectivity index (χ4n) is 3.91. The minimum Gasteiger partial charge on any atom is -0.496 e. The van der Waals surface area contributed by atoms with Crippen molar-refractivity contribution >= 4 is 22.7 Å². The summed E-state index contributed by atoms with van der Waals surface area (Å²) < 4.78 is 5.34. The number of fused-ring (bicyclic) bond motifs is 1. The number of nitrogens with zero attached hydrogens (tertiary/aromatic N) is 1. The number of hydrogen-bond acceptors (Lipinski definition) is 3. The average molecular weight is 391 g/mol. The van der Waals surface area contributed by atoms with Crippen molar-refractivity contribution in [1.82, 2.24) is 15.2 Å². The van der Waals surface area contributed by atoms with Crippen LogP contribution in [-0.4, -0.2) is 41.9 Å². The molecule has 1 aliphatic heterocycles. The summed E-state index contributed by atoms with van der Waals surface area (Å²) in [7, 11) is 1.62. The van der Waals surface area contributed by atoms with E-state index in [9.17, 15) is 9.59 Å². The molecule has 0 spiro atoms. The standard InChI is InChI=1S/C23H25N3O3/c1-29-21-11-5-3-8-17(21)14-24-22(27)18-9-6-12-26(15-18)23(28)20-13-16-7-2-4-10-19(16)25-20/h2-5,7-8,10-11,13,18,25H,6,9,12,14-15H2,1H3,(H,24,27). The lowest BCUT2D eigenvalue weighted by Gasteiger charge is -2.31. The summed E-state index contributed by atoms with van der Waals surface area (Å²) in [6.07, 6.45) is 1.60. The predicted octanol–water partition coefficient (Wildman–Crippen LogP) is 3.35. The number of methoxy groups -OCH3 is 1. The van der Waals surface area contributed by atoms with Gasteiger partial charge in [-0.3, -0.25) is 9.59 Å². The van der Waals surface area contributed by atoms with Crippen LogP contribution in [0.4, 0.5) is 0 Å². The van der Waals surface area contributed by atoms with Crippen molar-refractivity contribution in [2.24, 2.45) is 5.92 Å². The summed E-state index contributed by atoms with van der Waals surface area (Å²) in [6.45, 7) is 1.52. The third-order valence-electron chi connectivity index (χ3n) is 5.49. The molecule has 1 aliphatic rings. The highest BCUT2D eigenvalue weighted by Gasteiger charge is 2.29. The van der Waals surface area contributed by atoms with Crippen LogP contribution in [0.3, 0.4) is 0 Å². The smallest absolute Gasteiger partial charge is 0.270 e. The Kier molecular flexibility index (Phi) is 5.51. The Labute approximate surface area is 169 Å². The minimum atomic E-state index is -0.202. The number of rotatable bonds is 5. The molecular weight excluding hydrogens is 366 g/mol. The molecule has 2 aromatic carbocycles. The Bertz CT molecular complexity index is 994. The number of benzene rings is 2. The summed E-state index contributed by atoms with van der Waals surface area (Å²) in [5.74, 6) is 0.479. The molecule has 1 atom stereocenters. The molecule has 29 heavy (non-hydrogen) atoms. The van der Waals surface area contributed by atoms with Crippen LogP contribution >= 0.6 is 0 Å². The SMILES string of the molecule is COc1ccccc1CNC(=O)C1CCCN(C(=O)c2cc3ccccc3[nH]2)C1. The molecule has 0 saturated carbocycles. The van der Waals surface area contributed by atoms with Crippen LogP contribution in [0.5, 0.6) is 5.75 Å². The fraction of sp³-hybridized carbons (Fsp3) is 0.304. The Morgan fingerprint density at radius 1 is 1.17 bits per heavy atom. The number of aromatic amines is 1. The summed E-state index contributed by atoms with van der Waals surface area (Å²) >= 11 is 0. The fourth-order valence-corrected chi connectivity index (χ4v) is 3.91. The first kappa shape index (κ1) is 19.1. The number of nitrogens with one attached hydrogen (secondary N) is 2. The van der Waals surface area contributed by atoms with E-state index in [1.165, 1.54) is 0 Å². The van der Waals surface area contributed by atoms with E-state index in [-0.39, 0.29) is 17.7 Å². The molecule has 0 aliphatic carbocycles. The molecule has 0 bridgehead atoms. The van der Waals surface area contributed by atoms with Gasteiger partial charge in [0.1, 0.15) is 11.4 Å². The van der Waals surface area contributed by atoms with Gasteiger partial charge in [-0.1, -0.05) is 36.4 Å². The predicted molar refractivity (Wildman–Crippen MR) is 112 cm³/mol. The molecule has 6 heteroatoms. The molecule has 150 valence electrons. The third-order valence-corrected chi connectivity index (χ3v) is 5.49. The molecule has 1 aromatic heterocycles. The van der Waals surface area contributed by atoms with Crippen LogP contribution < -0.4 is 10.1 Å². The van der Waals surface area contributed by atoms with Gasteiger partial charge in [0.05, 0.1) is 13.0 Å². The number of amides is 2. The number of H-pyrrole nitrogens is 1. The van der Waals surface area contributed by atoms with E-state index in [2.05, 4.69) is 10.3 Å². The van der Waals surface area contributed by atoms with E-state index < -0.39 is 0 Å². The maximum absolute atomic E-state index is 12.9. The largest absolute Gasteiger partial charge is 0.496 e. The molecule has 4 rings (SSSR count). The second-order valence-electron chi connectivity index (χ2n) is 7.39. The lowest BCUT2D eigenvalue weighted by molar-refractivity contribution is -0.126. The molecule has 1 saturated heterocycles.